The number of ether oxygens (including phenoxy) is 1. The van der Waals surface area contributed by atoms with E-state index < -0.39 is 28.9 Å². The van der Waals surface area contributed by atoms with Crippen molar-refractivity contribution >= 4 is 38.5 Å². The lowest BCUT2D eigenvalue weighted by atomic mass is 9.96. The molecule has 0 saturated carbocycles. The van der Waals surface area contributed by atoms with Gasteiger partial charge in [-0.25, -0.2) is 4.79 Å². The molecule has 5 aromatic carbocycles. The summed E-state index contributed by atoms with van der Waals surface area (Å²) in [7, 11) is 0. The lowest BCUT2D eigenvalue weighted by Crippen LogP contribution is -2.16. The molecule has 7 heteroatoms. The van der Waals surface area contributed by atoms with Crippen molar-refractivity contribution in [2.24, 2.45) is 0 Å². The first-order valence-corrected chi connectivity index (χ1v) is 11.7. The maximum Gasteiger partial charge on any atom is 0.450 e. The van der Waals surface area contributed by atoms with Gasteiger partial charge in [0.05, 0.1) is 16.5 Å². The highest BCUT2D eigenvalue weighted by Gasteiger charge is 2.39. The van der Waals surface area contributed by atoms with Crippen molar-refractivity contribution in [3.8, 4) is 16.9 Å². The highest BCUT2D eigenvalue weighted by molar-refractivity contribution is 6.05. The van der Waals surface area contributed by atoms with E-state index in [1.54, 1.807) is 60.7 Å². The molecule has 0 atom stereocenters. The van der Waals surface area contributed by atoms with Crippen molar-refractivity contribution < 1.29 is 27.1 Å². The Hall–Kier alpha value is -4.91. The second kappa shape index (κ2) is 8.88. The number of halogens is 3. The number of carbonyl (C=O) groups is 1. The summed E-state index contributed by atoms with van der Waals surface area (Å²) in [5.74, 6) is -2.15. The fourth-order valence-corrected chi connectivity index (χ4v) is 4.69. The minimum absolute atomic E-state index is 0.0513. The van der Waals surface area contributed by atoms with Crippen LogP contribution < -0.4 is 10.2 Å². The molecular weight excluding hydrogens is 493 g/mol. The molecule has 0 unspecified atom stereocenters. The molecular formula is C31H17F3O4. The molecule has 1 heterocycles. The normalized spacial score (nSPS) is 11.8. The van der Waals surface area contributed by atoms with Crippen molar-refractivity contribution in [3.63, 3.8) is 0 Å². The summed E-state index contributed by atoms with van der Waals surface area (Å²) < 4.78 is 53.4. The van der Waals surface area contributed by atoms with Crippen LogP contribution in [0.15, 0.2) is 112 Å². The number of fused-ring (bicyclic) bond motifs is 3. The minimum atomic E-state index is -4.95. The Morgan fingerprint density at radius 3 is 2.08 bits per heavy atom. The largest absolute Gasteiger partial charge is 0.450 e. The molecule has 0 aliphatic rings. The van der Waals surface area contributed by atoms with Crippen LogP contribution in [0.1, 0.15) is 16.1 Å². The van der Waals surface area contributed by atoms with Gasteiger partial charge in [0, 0.05) is 6.07 Å². The van der Waals surface area contributed by atoms with Crippen LogP contribution in [0, 0.1) is 0 Å². The summed E-state index contributed by atoms with van der Waals surface area (Å²) in [6.45, 7) is 0. The fourth-order valence-electron chi connectivity index (χ4n) is 4.69. The van der Waals surface area contributed by atoms with Crippen LogP contribution in [0.3, 0.4) is 0 Å². The van der Waals surface area contributed by atoms with Gasteiger partial charge in [0.1, 0.15) is 11.3 Å². The summed E-state index contributed by atoms with van der Waals surface area (Å²) >= 11 is 0. The molecule has 0 amide bonds. The predicted octanol–water partition coefficient (Wildman–Crippen LogP) is 8.00. The van der Waals surface area contributed by atoms with Crippen LogP contribution in [-0.2, 0) is 6.18 Å². The van der Waals surface area contributed by atoms with E-state index in [0.29, 0.717) is 21.7 Å². The average molecular weight is 510 g/mol. The molecule has 0 spiro atoms. The number of alkyl halides is 3. The van der Waals surface area contributed by atoms with E-state index in [1.807, 2.05) is 18.2 Å². The number of carbonyl (C=O) groups excluding carboxylic acids is 1. The van der Waals surface area contributed by atoms with Crippen LogP contribution in [0.25, 0.3) is 43.6 Å². The van der Waals surface area contributed by atoms with Crippen LogP contribution in [0.2, 0.25) is 0 Å². The molecule has 0 aliphatic heterocycles. The molecule has 0 saturated heterocycles. The van der Waals surface area contributed by atoms with Crippen molar-refractivity contribution in [2.45, 2.75) is 6.18 Å². The topological polar surface area (TPSA) is 56.5 Å². The maximum absolute atomic E-state index is 14.2. The van der Waals surface area contributed by atoms with Crippen LogP contribution in [-0.4, -0.2) is 5.97 Å². The number of rotatable bonds is 3. The lowest BCUT2D eigenvalue weighted by molar-refractivity contribution is -0.152. The van der Waals surface area contributed by atoms with Crippen molar-refractivity contribution in [3.05, 3.63) is 125 Å². The third-order valence-corrected chi connectivity index (χ3v) is 6.40. The highest BCUT2D eigenvalue weighted by atomic mass is 19.4. The van der Waals surface area contributed by atoms with Gasteiger partial charge >= 0.3 is 12.1 Å². The van der Waals surface area contributed by atoms with E-state index in [4.69, 9.17) is 9.15 Å². The second-order valence-electron chi connectivity index (χ2n) is 8.73. The molecule has 186 valence electrons. The summed E-state index contributed by atoms with van der Waals surface area (Å²) in [6.07, 6.45) is -4.95. The molecule has 0 radical (unpaired) electrons. The molecule has 0 bridgehead atoms. The van der Waals surface area contributed by atoms with Gasteiger partial charge in [-0.15, -0.1) is 0 Å². The fraction of sp³-hybridized carbons (Fsp3) is 0.0323. The van der Waals surface area contributed by atoms with Crippen LogP contribution >= 0.6 is 0 Å². The van der Waals surface area contributed by atoms with Crippen molar-refractivity contribution in [1.29, 1.82) is 0 Å². The smallest absolute Gasteiger partial charge is 0.450 e. The van der Waals surface area contributed by atoms with Gasteiger partial charge in [0.2, 0.25) is 11.2 Å². The number of hydrogen-bond acceptors (Lipinski definition) is 4. The average Bonchev–Trinajstić information content (AvgIpc) is 2.92. The second-order valence-corrected chi connectivity index (χ2v) is 8.73. The monoisotopic (exact) mass is 510 g/mol. The van der Waals surface area contributed by atoms with Gasteiger partial charge in [0.25, 0.3) is 0 Å². The van der Waals surface area contributed by atoms with E-state index >= 15 is 0 Å². The quantitative estimate of drug-likeness (QED) is 0.179. The Morgan fingerprint density at radius 2 is 1.34 bits per heavy atom. The Bertz CT molecular complexity index is 1930. The van der Waals surface area contributed by atoms with Gasteiger partial charge in [0.15, 0.2) is 0 Å². The zero-order valence-corrected chi connectivity index (χ0v) is 19.6. The lowest BCUT2D eigenvalue weighted by Gasteiger charge is -2.15. The number of hydrogen-bond donors (Lipinski definition) is 0. The third kappa shape index (κ3) is 3.98. The summed E-state index contributed by atoms with van der Waals surface area (Å²) in [4.78, 5) is 26.4. The highest BCUT2D eigenvalue weighted by Crippen LogP contribution is 2.40. The van der Waals surface area contributed by atoms with E-state index in [-0.39, 0.29) is 22.3 Å². The van der Waals surface area contributed by atoms with Gasteiger partial charge in [-0.1, -0.05) is 78.9 Å². The number of benzene rings is 5. The Balaban J connectivity index is 1.48. The van der Waals surface area contributed by atoms with Gasteiger partial charge < -0.3 is 9.15 Å². The van der Waals surface area contributed by atoms with E-state index in [2.05, 4.69) is 0 Å². The summed E-state index contributed by atoms with van der Waals surface area (Å²) in [6, 6.07) is 27.9. The molecule has 0 fully saturated rings. The predicted molar refractivity (Wildman–Crippen MR) is 139 cm³/mol. The van der Waals surface area contributed by atoms with E-state index in [0.717, 1.165) is 11.5 Å². The molecule has 0 N–H and O–H groups in total. The Labute approximate surface area is 213 Å². The van der Waals surface area contributed by atoms with Crippen molar-refractivity contribution in [1.82, 2.24) is 0 Å². The summed E-state index contributed by atoms with van der Waals surface area (Å²) in [5.41, 5.74) is -1.32. The van der Waals surface area contributed by atoms with Crippen molar-refractivity contribution in [2.75, 3.05) is 0 Å². The first-order chi connectivity index (χ1) is 18.3. The maximum atomic E-state index is 14.2. The van der Waals surface area contributed by atoms with Gasteiger partial charge in [-0.05, 0) is 45.3 Å². The van der Waals surface area contributed by atoms with Gasteiger partial charge in [-0.2, -0.15) is 13.2 Å². The van der Waals surface area contributed by atoms with Gasteiger partial charge in [-0.3, -0.25) is 4.79 Å². The Morgan fingerprint density at radius 1 is 0.711 bits per heavy atom. The molecule has 0 aliphatic carbocycles. The zero-order valence-electron chi connectivity index (χ0n) is 19.6. The first kappa shape index (κ1) is 23.5. The standard InChI is InChI=1S/C31H17F3O4/c32-31(33,34)29-27(23-13-5-9-18-7-1-3-11-21(18)23)28(35)25-16-15-20(17-26(25)38-29)37-30(36)24-14-6-10-19-8-2-4-12-22(19)24/h1-17H. The summed E-state index contributed by atoms with van der Waals surface area (Å²) in [5, 5.41) is 2.63. The Kier molecular flexibility index (Phi) is 5.49. The molecule has 6 aromatic rings. The molecule has 1 aromatic heterocycles. The van der Waals surface area contributed by atoms with Crippen LogP contribution in [0.4, 0.5) is 13.2 Å². The third-order valence-electron chi connectivity index (χ3n) is 6.40. The SMILES string of the molecule is O=C(Oc1ccc2c(=O)c(-c3cccc4ccccc34)c(C(F)(F)F)oc2c1)c1cccc2ccccc12. The number of esters is 1. The zero-order chi connectivity index (χ0) is 26.4. The minimum Gasteiger partial charge on any atom is -0.450 e. The molecule has 38 heavy (non-hydrogen) atoms. The molecule has 4 nitrogen and oxygen atoms in total. The van der Waals surface area contributed by atoms with E-state index in [9.17, 15) is 22.8 Å². The van der Waals surface area contributed by atoms with Crippen LogP contribution in [0.5, 0.6) is 5.75 Å². The molecule has 6 rings (SSSR count). The first-order valence-electron chi connectivity index (χ1n) is 11.7. The van der Waals surface area contributed by atoms with E-state index in [1.165, 1.54) is 18.2 Å².